The van der Waals surface area contributed by atoms with Crippen LogP contribution in [0.3, 0.4) is 0 Å². The molecule has 0 bridgehead atoms. The van der Waals surface area contributed by atoms with E-state index in [0.29, 0.717) is 13.2 Å². The minimum atomic E-state index is -0.800. The summed E-state index contributed by atoms with van der Waals surface area (Å²) in [7, 11) is 1.98. The number of carboxylic acid groups (broad SMARTS) is 1. The average molecular weight is 253 g/mol. The van der Waals surface area contributed by atoms with Crippen molar-refractivity contribution in [2.45, 2.75) is 18.9 Å². The van der Waals surface area contributed by atoms with Gasteiger partial charge in [0, 0.05) is 45.5 Å². The summed E-state index contributed by atoms with van der Waals surface area (Å²) in [4.78, 5) is 17.2. The van der Waals surface area contributed by atoms with Crippen molar-refractivity contribution in [3.05, 3.63) is 18.2 Å². The summed E-state index contributed by atoms with van der Waals surface area (Å²) < 4.78 is 7.45. The third-order valence-electron chi connectivity index (χ3n) is 3.20. The first-order valence-corrected chi connectivity index (χ1v) is 6.17. The molecule has 1 N–H and O–H groups in total. The van der Waals surface area contributed by atoms with Crippen molar-refractivity contribution < 1.29 is 14.6 Å². The largest absolute Gasteiger partial charge is 0.481 e. The van der Waals surface area contributed by atoms with E-state index in [-0.39, 0.29) is 12.5 Å². The molecule has 0 aliphatic carbocycles. The van der Waals surface area contributed by atoms with Crippen LogP contribution in [0.2, 0.25) is 0 Å². The zero-order chi connectivity index (χ0) is 13.0. The molecule has 6 heteroatoms. The Labute approximate surface area is 106 Å². The fourth-order valence-electron chi connectivity index (χ4n) is 2.20. The molecule has 1 unspecified atom stereocenters. The minimum Gasteiger partial charge on any atom is -0.481 e. The lowest BCUT2D eigenvalue weighted by atomic mass is 10.2. The summed E-state index contributed by atoms with van der Waals surface area (Å²) in [6, 6.07) is 0. The van der Waals surface area contributed by atoms with Crippen molar-refractivity contribution in [3.8, 4) is 0 Å². The predicted molar refractivity (Wildman–Crippen MR) is 65.3 cm³/mol. The van der Waals surface area contributed by atoms with Gasteiger partial charge in [-0.3, -0.25) is 9.69 Å². The lowest BCUT2D eigenvalue weighted by Gasteiger charge is -2.32. The van der Waals surface area contributed by atoms with Gasteiger partial charge in [0.1, 0.15) is 5.82 Å². The van der Waals surface area contributed by atoms with Gasteiger partial charge in [0.2, 0.25) is 0 Å². The van der Waals surface area contributed by atoms with Gasteiger partial charge in [-0.05, 0) is 0 Å². The molecule has 1 aromatic heterocycles. The number of imidazole rings is 1. The van der Waals surface area contributed by atoms with Gasteiger partial charge in [0.15, 0.2) is 0 Å². The Morgan fingerprint density at radius 1 is 1.67 bits per heavy atom. The van der Waals surface area contributed by atoms with Crippen LogP contribution in [0.5, 0.6) is 0 Å². The SMILES string of the molecule is Cn1ccnc1CCN1CCOC(CC(=O)O)C1. The molecule has 0 radical (unpaired) electrons. The molecule has 0 saturated carbocycles. The summed E-state index contributed by atoms with van der Waals surface area (Å²) in [6.07, 6.45) is 4.50. The van der Waals surface area contributed by atoms with Gasteiger partial charge in [-0.1, -0.05) is 0 Å². The van der Waals surface area contributed by atoms with E-state index >= 15 is 0 Å². The van der Waals surface area contributed by atoms with Crippen molar-refractivity contribution >= 4 is 5.97 Å². The van der Waals surface area contributed by atoms with Crippen LogP contribution in [-0.4, -0.2) is 57.9 Å². The number of morpholine rings is 1. The molecule has 0 spiro atoms. The maximum Gasteiger partial charge on any atom is 0.306 e. The van der Waals surface area contributed by atoms with Crippen LogP contribution in [0.4, 0.5) is 0 Å². The van der Waals surface area contributed by atoms with E-state index in [1.165, 1.54) is 0 Å². The highest BCUT2D eigenvalue weighted by atomic mass is 16.5. The lowest BCUT2D eigenvalue weighted by molar-refractivity contribution is -0.142. The van der Waals surface area contributed by atoms with E-state index in [1.807, 2.05) is 17.8 Å². The monoisotopic (exact) mass is 253 g/mol. The first-order chi connectivity index (χ1) is 8.65. The van der Waals surface area contributed by atoms with Gasteiger partial charge >= 0.3 is 5.97 Å². The molecule has 1 aliphatic heterocycles. The van der Waals surface area contributed by atoms with Gasteiger partial charge in [-0.25, -0.2) is 4.98 Å². The number of hydrogen-bond donors (Lipinski definition) is 1. The quantitative estimate of drug-likeness (QED) is 0.808. The Kier molecular flexibility index (Phi) is 4.33. The van der Waals surface area contributed by atoms with Crippen molar-refractivity contribution in [1.82, 2.24) is 14.5 Å². The molecule has 0 aromatic carbocycles. The second kappa shape index (κ2) is 5.97. The van der Waals surface area contributed by atoms with Crippen molar-refractivity contribution in [1.29, 1.82) is 0 Å². The maximum absolute atomic E-state index is 10.7. The van der Waals surface area contributed by atoms with Crippen molar-refractivity contribution in [2.75, 3.05) is 26.2 Å². The molecule has 1 aliphatic rings. The Hall–Kier alpha value is -1.40. The van der Waals surface area contributed by atoms with Gasteiger partial charge < -0.3 is 14.4 Å². The third kappa shape index (κ3) is 3.54. The molecular weight excluding hydrogens is 234 g/mol. The Balaban J connectivity index is 1.79. The summed E-state index contributed by atoms with van der Waals surface area (Å²) in [5.41, 5.74) is 0. The summed E-state index contributed by atoms with van der Waals surface area (Å²) in [5, 5.41) is 8.76. The Morgan fingerprint density at radius 2 is 2.50 bits per heavy atom. The highest BCUT2D eigenvalue weighted by molar-refractivity contribution is 5.67. The summed E-state index contributed by atoms with van der Waals surface area (Å²) in [5.74, 6) is 0.252. The minimum absolute atomic E-state index is 0.0822. The van der Waals surface area contributed by atoms with E-state index in [4.69, 9.17) is 9.84 Å². The molecule has 1 atom stereocenters. The second-order valence-corrected chi connectivity index (χ2v) is 4.60. The van der Waals surface area contributed by atoms with E-state index < -0.39 is 5.97 Å². The number of carbonyl (C=O) groups is 1. The highest BCUT2D eigenvalue weighted by Crippen LogP contribution is 2.09. The van der Waals surface area contributed by atoms with Crippen LogP contribution in [0.15, 0.2) is 12.4 Å². The van der Waals surface area contributed by atoms with Crippen LogP contribution in [0.25, 0.3) is 0 Å². The van der Waals surface area contributed by atoms with E-state index in [2.05, 4.69) is 9.88 Å². The number of nitrogens with zero attached hydrogens (tertiary/aromatic N) is 3. The van der Waals surface area contributed by atoms with Gasteiger partial charge in [-0.15, -0.1) is 0 Å². The number of ether oxygens (including phenoxy) is 1. The third-order valence-corrected chi connectivity index (χ3v) is 3.20. The number of aromatic nitrogens is 2. The van der Waals surface area contributed by atoms with Gasteiger partial charge in [0.25, 0.3) is 0 Å². The zero-order valence-electron chi connectivity index (χ0n) is 10.6. The van der Waals surface area contributed by atoms with Crippen LogP contribution in [-0.2, 0) is 23.0 Å². The first-order valence-electron chi connectivity index (χ1n) is 6.17. The fraction of sp³-hybridized carbons (Fsp3) is 0.667. The second-order valence-electron chi connectivity index (χ2n) is 4.60. The smallest absolute Gasteiger partial charge is 0.306 e. The molecule has 1 aromatic rings. The van der Waals surface area contributed by atoms with Crippen molar-refractivity contribution in [2.24, 2.45) is 7.05 Å². The summed E-state index contributed by atoms with van der Waals surface area (Å²) >= 11 is 0. The number of carboxylic acids is 1. The molecule has 6 nitrogen and oxygen atoms in total. The molecule has 100 valence electrons. The van der Waals surface area contributed by atoms with E-state index in [1.54, 1.807) is 6.20 Å². The number of rotatable bonds is 5. The fourth-order valence-corrected chi connectivity index (χ4v) is 2.20. The van der Waals surface area contributed by atoms with Crippen molar-refractivity contribution in [3.63, 3.8) is 0 Å². The Bertz CT molecular complexity index is 405. The van der Waals surface area contributed by atoms with Crippen LogP contribution in [0.1, 0.15) is 12.2 Å². The molecular formula is C12H19N3O3. The lowest BCUT2D eigenvalue weighted by Crippen LogP contribution is -2.44. The molecule has 18 heavy (non-hydrogen) atoms. The number of aryl methyl sites for hydroxylation is 1. The number of aliphatic carboxylic acids is 1. The molecule has 2 rings (SSSR count). The molecule has 0 amide bonds. The first kappa shape index (κ1) is 13.0. The average Bonchev–Trinajstić information content (AvgIpc) is 2.72. The topological polar surface area (TPSA) is 67.6 Å². The normalized spacial score (nSPS) is 21.1. The Morgan fingerprint density at radius 3 is 3.17 bits per heavy atom. The zero-order valence-corrected chi connectivity index (χ0v) is 10.6. The van der Waals surface area contributed by atoms with E-state index in [9.17, 15) is 4.79 Å². The molecule has 2 heterocycles. The predicted octanol–water partition coefficient (Wildman–Crippen LogP) is 0.138. The number of hydrogen-bond acceptors (Lipinski definition) is 4. The highest BCUT2D eigenvalue weighted by Gasteiger charge is 2.22. The molecule has 1 saturated heterocycles. The van der Waals surface area contributed by atoms with Crippen LogP contribution < -0.4 is 0 Å². The maximum atomic E-state index is 10.7. The van der Waals surface area contributed by atoms with Crippen LogP contribution >= 0.6 is 0 Å². The van der Waals surface area contributed by atoms with Crippen LogP contribution in [0, 0.1) is 0 Å². The summed E-state index contributed by atoms with van der Waals surface area (Å²) in [6.45, 7) is 3.06. The van der Waals surface area contributed by atoms with Gasteiger partial charge in [0.05, 0.1) is 19.1 Å². The van der Waals surface area contributed by atoms with Gasteiger partial charge in [-0.2, -0.15) is 0 Å². The standard InChI is InChI=1S/C12H19N3O3/c1-14-5-3-13-11(14)2-4-15-6-7-18-10(9-15)8-12(16)17/h3,5,10H,2,4,6-9H2,1H3,(H,16,17). The van der Waals surface area contributed by atoms with E-state index in [0.717, 1.165) is 25.3 Å². The molecule has 1 fully saturated rings.